The number of benzene rings is 1. The van der Waals surface area contributed by atoms with Crippen LogP contribution in [0.3, 0.4) is 0 Å². The number of nitro benzene ring substituents is 1. The minimum Gasteiger partial charge on any atom is -0.377 e. The van der Waals surface area contributed by atoms with Crippen LogP contribution in [0.4, 0.5) is 11.4 Å². The largest absolute Gasteiger partial charge is 0.377 e. The van der Waals surface area contributed by atoms with Crippen molar-refractivity contribution in [3.63, 3.8) is 0 Å². The molecule has 1 aliphatic rings. The first kappa shape index (κ1) is 15.8. The van der Waals surface area contributed by atoms with Gasteiger partial charge in [0, 0.05) is 12.1 Å². The van der Waals surface area contributed by atoms with Gasteiger partial charge in [0.1, 0.15) is 5.69 Å². The van der Waals surface area contributed by atoms with Crippen LogP contribution in [0.5, 0.6) is 0 Å². The summed E-state index contributed by atoms with van der Waals surface area (Å²) < 4.78 is 0. The lowest BCUT2D eigenvalue weighted by Gasteiger charge is -2.29. The number of nitrogens with zero attached hydrogens (tertiary/aromatic N) is 1. The fraction of sp³-hybridized carbons (Fsp3) is 0.647. The van der Waals surface area contributed by atoms with Gasteiger partial charge >= 0.3 is 0 Å². The fourth-order valence-electron chi connectivity index (χ4n) is 3.29. The molecule has 0 aliphatic heterocycles. The van der Waals surface area contributed by atoms with E-state index < -0.39 is 0 Å². The highest BCUT2D eigenvalue weighted by Gasteiger charge is 2.28. The van der Waals surface area contributed by atoms with Crippen LogP contribution in [0.1, 0.15) is 52.9 Å². The smallest absolute Gasteiger partial charge is 0.292 e. The van der Waals surface area contributed by atoms with Crippen molar-refractivity contribution in [2.75, 3.05) is 5.32 Å². The normalized spacial score (nSPS) is 23.4. The molecule has 0 heterocycles. The molecule has 4 heteroatoms. The summed E-state index contributed by atoms with van der Waals surface area (Å²) in [6.07, 6.45) is 5.84. The molecule has 2 atom stereocenters. The molecule has 0 amide bonds. The number of hydrogen-bond donors (Lipinski definition) is 1. The van der Waals surface area contributed by atoms with Crippen molar-refractivity contribution in [3.05, 3.63) is 34.4 Å². The molecule has 1 saturated carbocycles. The Balaban J connectivity index is 2.03. The van der Waals surface area contributed by atoms with Crippen LogP contribution in [0.15, 0.2) is 24.3 Å². The van der Waals surface area contributed by atoms with E-state index in [-0.39, 0.29) is 10.6 Å². The Morgan fingerprint density at radius 3 is 2.52 bits per heavy atom. The van der Waals surface area contributed by atoms with Gasteiger partial charge in [-0.1, -0.05) is 39.3 Å². The number of nitrogens with one attached hydrogen (secondary N) is 1. The van der Waals surface area contributed by atoms with Crippen LogP contribution in [-0.4, -0.2) is 11.0 Å². The second kappa shape index (κ2) is 6.46. The topological polar surface area (TPSA) is 55.2 Å². The zero-order chi connectivity index (χ0) is 15.5. The highest BCUT2D eigenvalue weighted by molar-refractivity contribution is 5.61. The second-order valence-electron chi connectivity index (χ2n) is 7.19. The van der Waals surface area contributed by atoms with Crippen LogP contribution in [0.2, 0.25) is 0 Å². The summed E-state index contributed by atoms with van der Waals surface area (Å²) in [5.74, 6) is 0.745. The number of anilines is 1. The standard InChI is InChI=1S/C17H26N2O2/c1-17(2,3)13-7-6-8-14(12-11-13)18-15-9-4-5-10-16(15)19(20)21/h4-5,9-10,13-14,18H,6-8,11-12H2,1-3H3. The summed E-state index contributed by atoms with van der Waals surface area (Å²) in [6, 6.07) is 7.29. The first-order valence-corrected chi connectivity index (χ1v) is 7.88. The minimum atomic E-state index is -0.309. The number of hydrogen-bond acceptors (Lipinski definition) is 3. The molecule has 116 valence electrons. The van der Waals surface area contributed by atoms with Gasteiger partial charge in [0.25, 0.3) is 5.69 Å². The molecular weight excluding hydrogens is 264 g/mol. The Morgan fingerprint density at radius 1 is 1.14 bits per heavy atom. The molecule has 0 spiro atoms. The van der Waals surface area contributed by atoms with Crippen molar-refractivity contribution in [2.45, 2.75) is 58.9 Å². The van der Waals surface area contributed by atoms with Gasteiger partial charge in [-0.15, -0.1) is 0 Å². The van der Waals surface area contributed by atoms with Crippen molar-refractivity contribution in [3.8, 4) is 0 Å². The monoisotopic (exact) mass is 290 g/mol. The highest BCUT2D eigenvalue weighted by Crippen LogP contribution is 2.37. The lowest BCUT2D eigenvalue weighted by atomic mass is 9.76. The van der Waals surface area contributed by atoms with E-state index >= 15 is 0 Å². The van der Waals surface area contributed by atoms with E-state index in [0.29, 0.717) is 17.1 Å². The van der Waals surface area contributed by atoms with Crippen LogP contribution in [0, 0.1) is 21.4 Å². The Hall–Kier alpha value is -1.58. The van der Waals surface area contributed by atoms with E-state index in [1.165, 1.54) is 19.3 Å². The lowest BCUT2D eigenvalue weighted by Crippen LogP contribution is -2.22. The maximum atomic E-state index is 11.1. The van der Waals surface area contributed by atoms with Crippen LogP contribution in [-0.2, 0) is 0 Å². The molecule has 1 aromatic carbocycles. The van der Waals surface area contributed by atoms with E-state index in [4.69, 9.17) is 0 Å². The van der Waals surface area contributed by atoms with Gasteiger partial charge in [0.05, 0.1) is 4.92 Å². The fourth-order valence-corrected chi connectivity index (χ4v) is 3.29. The molecule has 1 aromatic rings. The van der Waals surface area contributed by atoms with Crippen molar-refractivity contribution in [2.24, 2.45) is 11.3 Å². The van der Waals surface area contributed by atoms with E-state index in [1.54, 1.807) is 12.1 Å². The molecule has 1 N–H and O–H groups in total. The van der Waals surface area contributed by atoms with E-state index in [0.717, 1.165) is 18.8 Å². The average molecular weight is 290 g/mol. The predicted octanol–water partition coefficient (Wildman–Crippen LogP) is 5.00. The van der Waals surface area contributed by atoms with Crippen molar-refractivity contribution in [1.29, 1.82) is 0 Å². The Kier molecular flexibility index (Phi) is 4.86. The third-order valence-corrected chi connectivity index (χ3v) is 4.65. The van der Waals surface area contributed by atoms with E-state index in [2.05, 4.69) is 26.1 Å². The maximum absolute atomic E-state index is 11.1. The minimum absolute atomic E-state index is 0.175. The summed E-state index contributed by atoms with van der Waals surface area (Å²) in [5, 5.41) is 14.5. The van der Waals surface area contributed by atoms with E-state index in [1.807, 2.05) is 12.1 Å². The summed E-state index contributed by atoms with van der Waals surface area (Å²) in [4.78, 5) is 10.8. The van der Waals surface area contributed by atoms with Gasteiger partial charge < -0.3 is 5.32 Å². The van der Waals surface area contributed by atoms with Crippen molar-refractivity contribution < 1.29 is 4.92 Å². The van der Waals surface area contributed by atoms with Gasteiger partial charge in [0.15, 0.2) is 0 Å². The summed E-state index contributed by atoms with van der Waals surface area (Å²) in [7, 11) is 0. The molecule has 0 bridgehead atoms. The van der Waals surface area contributed by atoms with Gasteiger partial charge in [-0.05, 0) is 43.1 Å². The maximum Gasteiger partial charge on any atom is 0.292 e. The van der Waals surface area contributed by atoms with Crippen LogP contribution in [0.25, 0.3) is 0 Å². The lowest BCUT2D eigenvalue weighted by molar-refractivity contribution is -0.384. The van der Waals surface area contributed by atoms with Gasteiger partial charge in [-0.3, -0.25) is 10.1 Å². The molecule has 2 rings (SSSR count). The summed E-state index contributed by atoms with van der Waals surface area (Å²) in [5.41, 5.74) is 1.18. The molecule has 21 heavy (non-hydrogen) atoms. The number of rotatable bonds is 3. The van der Waals surface area contributed by atoms with Crippen molar-refractivity contribution in [1.82, 2.24) is 0 Å². The molecule has 0 aromatic heterocycles. The predicted molar refractivity (Wildman–Crippen MR) is 86.5 cm³/mol. The zero-order valence-electron chi connectivity index (χ0n) is 13.3. The van der Waals surface area contributed by atoms with Crippen LogP contribution < -0.4 is 5.32 Å². The molecule has 1 aliphatic carbocycles. The summed E-state index contributed by atoms with van der Waals surface area (Å²) in [6.45, 7) is 6.94. The summed E-state index contributed by atoms with van der Waals surface area (Å²) >= 11 is 0. The molecule has 0 radical (unpaired) electrons. The van der Waals surface area contributed by atoms with Crippen molar-refractivity contribution >= 4 is 11.4 Å². The van der Waals surface area contributed by atoms with Gasteiger partial charge in [-0.25, -0.2) is 0 Å². The molecule has 0 saturated heterocycles. The SMILES string of the molecule is CC(C)(C)C1CCCC(Nc2ccccc2[N+](=O)[O-])CC1. The number of nitro groups is 1. The third-order valence-electron chi connectivity index (χ3n) is 4.65. The van der Waals surface area contributed by atoms with E-state index in [9.17, 15) is 10.1 Å². The first-order chi connectivity index (χ1) is 9.88. The van der Waals surface area contributed by atoms with Crippen LogP contribution >= 0.6 is 0 Å². The average Bonchev–Trinajstić information content (AvgIpc) is 2.64. The highest BCUT2D eigenvalue weighted by atomic mass is 16.6. The number of para-hydroxylation sites is 2. The van der Waals surface area contributed by atoms with Gasteiger partial charge in [-0.2, -0.15) is 0 Å². The zero-order valence-corrected chi connectivity index (χ0v) is 13.3. The Morgan fingerprint density at radius 2 is 1.86 bits per heavy atom. The molecule has 1 fully saturated rings. The molecule has 4 nitrogen and oxygen atoms in total. The van der Waals surface area contributed by atoms with Gasteiger partial charge in [0.2, 0.25) is 0 Å². The second-order valence-corrected chi connectivity index (χ2v) is 7.19. The third kappa shape index (κ3) is 4.19. The quantitative estimate of drug-likeness (QED) is 0.484. The first-order valence-electron chi connectivity index (χ1n) is 7.88. The molecule has 2 unspecified atom stereocenters. The Labute approximate surface area is 127 Å². The Bertz CT molecular complexity index is 494. The molecular formula is C17H26N2O2.